The molecule has 3 N–H and O–H groups in total. The van der Waals surface area contributed by atoms with Gasteiger partial charge in [0.2, 0.25) is 0 Å². The van der Waals surface area contributed by atoms with Gasteiger partial charge in [-0.05, 0) is 6.42 Å². The predicted molar refractivity (Wildman–Crippen MR) is 72.0 cm³/mol. The van der Waals surface area contributed by atoms with E-state index < -0.39 is 24.4 Å². The molecule has 0 spiro atoms. The van der Waals surface area contributed by atoms with Gasteiger partial charge < -0.3 is 24.8 Å². The minimum atomic E-state index is -0.971. The van der Waals surface area contributed by atoms with Crippen LogP contribution in [-0.2, 0) is 9.47 Å². The average Bonchev–Trinajstić information content (AvgIpc) is 2.74. The molecular formula is C14H28O5. The maximum atomic E-state index is 9.69. The first-order chi connectivity index (χ1) is 9.20. The van der Waals surface area contributed by atoms with E-state index in [1.807, 2.05) is 0 Å². The molecule has 0 aromatic carbocycles. The summed E-state index contributed by atoms with van der Waals surface area (Å²) in [6.07, 6.45) is 4.03. The molecule has 0 aliphatic carbocycles. The highest BCUT2D eigenvalue weighted by Gasteiger charge is 2.40. The van der Waals surface area contributed by atoms with E-state index in [4.69, 9.17) is 9.47 Å². The highest BCUT2D eigenvalue weighted by Crippen LogP contribution is 2.19. The van der Waals surface area contributed by atoms with Crippen LogP contribution in [0.1, 0.15) is 45.4 Å². The molecule has 1 aliphatic heterocycles. The molecule has 4 atom stereocenters. The maximum Gasteiger partial charge on any atom is 0.114 e. The largest absolute Gasteiger partial charge is 0.394 e. The average molecular weight is 276 g/mol. The highest BCUT2D eigenvalue weighted by atomic mass is 16.6. The van der Waals surface area contributed by atoms with Crippen molar-refractivity contribution in [2.24, 2.45) is 0 Å². The summed E-state index contributed by atoms with van der Waals surface area (Å²) in [5.41, 5.74) is 0. The Morgan fingerprint density at radius 2 is 1.84 bits per heavy atom. The number of hydrogen-bond acceptors (Lipinski definition) is 5. The first-order valence-corrected chi connectivity index (χ1v) is 7.40. The quantitative estimate of drug-likeness (QED) is 0.515. The van der Waals surface area contributed by atoms with E-state index in [1.54, 1.807) is 0 Å². The molecule has 1 aliphatic rings. The molecular weight excluding hydrogens is 248 g/mol. The molecule has 5 heteroatoms. The zero-order chi connectivity index (χ0) is 14.1. The third-order valence-electron chi connectivity index (χ3n) is 3.57. The summed E-state index contributed by atoms with van der Waals surface area (Å²) in [6, 6.07) is 0. The van der Waals surface area contributed by atoms with E-state index in [1.165, 1.54) is 25.7 Å². The van der Waals surface area contributed by atoms with Gasteiger partial charge in [-0.15, -0.1) is 0 Å². The summed E-state index contributed by atoms with van der Waals surface area (Å²) in [6.45, 7) is 2.64. The number of unbranched alkanes of at least 4 members (excludes halogenated alkanes) is 5. The van der Waals surface area contributed by atoms with Gasteiger partial charge in [0.05, 0.1) is 13.2 Å². The van der Waals surface area contributed by atoms with Crippen LogP contribution in [-0.4, -0.2) is 59.6 Å². The van der Waals surface area contributed by atoms with Gasteiger partial charge >= 0.3 is 0 Å². The molecule has 0 radical (unpaired) electrons. The van der Waals surface area contributed by atoms with Crippen LogP contribution in [0.25, 0.3) is 0 Å². The SMILES string of the molecule is CCCCCCCCO[C@@H](CO)[C@@H]1OC[C@@H](O)[C@@H]1O. The molecule has 114 valence electrons. The molecule has 1 saturated heterocycles. The van der Waals surface area contributed by atoms with E-state index in [2.05, 4.69) is 6.92 Å². The molecule has 5 nitrogen and oxygen atoms in total. The summed E-state index contributed by atoms with van der Waals surface area (Å²) < 4.78 is 10.8. The van der Waals surface area contributed by atoms with E-state index in [0.29, 0.717) is 6.61 Å². The third kappa shape index (κ3) is 5.75. The molecule has 19 heavy (non-hydrogen) atoms. The first-order valence-electron chi connectivity index (χ1n) is 7.40. The smallest absolute Gasteiger partial charge is 0.114 e. The monoisotopic (exact) mass is 276 g/mol. The second kappa shape index (κ2) is 9.66. The lowest BCUT2D eigenvalue weighted by atomic mass is 10.1. The van der Waals surface area contributed by atoms with Crippen LogP contribution in [0.4, 0.5) is 0 Å². The van der Waals surface area contributed by atoms with Gasteiger partial charge in [-0.1, -0.05) is 39.0 Å². The summed E-state index contributed by atoms with van der Waals surface area (Å²) in [4.78, 5) is 0. The molecule has 1 rings (SSSR count). The summed E-state index contributed by atoms with van der Waals surface area (Å²) in [7, 11) is 0. The highest BCUT2D eigenvalue weighted by molar-refractivity contribution is 4.88. The Morgan fingerprint density at radius 3 is 2.42 bits per heavy atom. The minimum Gasteiger partial charge on any atom is -0.394 e. The van der Waals surface area contributed by atoms with Crippen molar-refractivity contribution >= 4 is 0 Å². The number of hydrogen-bond donors (Lipinski definition) is 3. The van der Waals surface area contributed by atoms with Crippen LogP contribution >= 0.6 is 0 Å². The lowest BCUT2D eigenvalue weighted by molar-refractivity contribution is -0.101. The number of aliphatic hydroxyl groups is 3. The zero-order valence-corrected chi connectivity index (χ0v) is 11.8. The number of rotatable bonds is 10. The third-order valence-corrected chi connectivity index (χ3v) is 3.57. The Balaban J connectivity index is 2.12. The topological polar surface area (TPSA) is 79.2 Å². The Bertz CT molecular complexity index is 224. The summed E-state index contributed by atoms with van der Waals surface area (Å²) >= 11 is 0. The predicted octanol–water partition coefficient (Wildman–Crippen LogP) is 0.845. The molecule has 0 amide bonds. The minimum absolute atomic E-state index is 0.0999. The lowest BCUT2D eigenvalue weighted by Crippen LogP contribution is -2.42. The van der Waals surface area contributed by atoms with Gasteiger partial charge in [0, 0.05) is 6.61 Å². The lowest BCUT2D eigenvalue weighted by Gasteiger charge is -2.24. The van der Waals surface area contributed by atoms with Crippen LogP contribution in [0.3, 0.4) is 0 Å². The van der Waals surface area contributed by atoms with Crippen molar-refractivity contribution in [2.75, 3.05) is 19.8 Å². The Morgan fingerprint density at radius 1 is 1.16 bits per heavy atom. The molecule has 0 saturated carbocycles. The Kier molecular flexibility index (Phi) is 8.57. The van der Waals surface area contributed by atoms with Crippen molar-refractivity contribution in [3.63, 3.8) is 0 Å². The summed E-state index contributed by atoms with van der Waals surface area (Å²) in [5.74, 6) is 0. The Labute approximate surface area is 115 Å². The van der Waals surface area contributed by atoms with Crippen LogP contribution in [0.2, 0.25) is 0 Å². The van der Waals surface area contributed by atoms with E-state index in [0.717, 1.165) is 12.8 Å². The maximum absolute atomic E-state index is 9.69. The standard InChI is InChI=1S/C14H28O5/c1-2-3-4-5-6-7-8-18-12(9-15)14-13(17)11(16)10-19-14/h11-17H,2-10H2,1H3/t11-,12+,13+,14+/m1/s1. The van der Waals surface area contributed by atoms with E-state index in [-0.39, 0.29) is 13.2 Å². The molecule has 0 bridgehead atoms. The molecule has 0 aromatic heterocycles. The molecule has 0 aromatic rings. The van der Waals surface area contributed by atoms with Crippen LogP contribution < -0.4 is 0 Å². The van der Waals surface area contributed by atoms with E-state index >= 15 is 0 Å². The number of aliphatic hydroxyl groups excluding tert-OH is 3. The molecule has 1 fully saturated rings. The van der Waals surface area contributed by atoms with Gasteiger partial charge in [0.1, 0.15) is 24.4 Å². The number of ether oxygens (including phenoxy) is 2. The van der Waals surface area contributed by atoms with Crippen molar-refractivity contribution in [2.45, 2.75) is 69.9 Å². The normalized spacial score (nSPS) is 28.7. The van der Waals surface area contributed by atoms with Crippen molar-refractivity contribution in [3.8, 4) is 0 Å². The fourth-order valence-corrected chi connectivity index (χ4v) is 2.32. The van der Waals surface area contributed by atoms with Gasteiger partial charge in [-0.3, -0.25) is 0 Å². The second-order valence-corrected chi connectivity index (χ2v) is 5.22. The molecule has 0 unspecified atom stereocenters. The molecule has 1 heterocycles. The Hall–Kier alpha value is -0.200. The van der Waals surface area contributed by atoms with Crippen molar-refractivity contribution in [3.05, 3.63) is 0 Å². The van der Waals surface area contributed by atoms with Gasteiger partial charge in [-0.25, -0.2) is 0 Å². The van der Waals surface area contributed by atoms with Crippen LogP contribution in [0.15, 0.2) is 0 Å². The van der Waals surface area contributed by atoms with Crippen LogP contribution in [0.5, 0.6) is 0 Å². The fourth-order valence-electron chi connectivity index (χ4n) is 2.32. The van der Waals surface area contributed by atoms with E-state index in [9.17, 15) is 15.3 Å². The van der Waals surface area contributed by atoms with Crippen LogP contribution in [0, 0.1) is 0 Å². The van der Waals surface area contributed by atoms with Gasteiger partial charge in [0.15, 0.2) is 0 Å². The van der Waals surface area contributed by atoms with Gasteiger partial charge in [-0.2, -0.15) is 0 Å². The first kappa shape index (κ1) is 16.9. The zero-order valence-electron chi connectivity index (χ0n) is 11.8. The fraction of sp³-hybridized carbons (Fsp3) is 1.00. The second-order valence-electron chi connectivity index (χ2n) is 5.22. The van der Waals surface area contributed by atoms with Crippen molar-refractivity contribution in [1.82, 2.24) is 0 Å². The summed E-state index contributed by atoms with van der Waals surface area (Å²) in [5, 5.41) is 28.4. The van der Waals surface area contributed by atoms with Crippen molar-refractivity contribution < 1.29 is 24.8 Å². The van der Waals surface area contributed by atoms with Crippen molar-refractivity contribution in [1.29, 1.82) is 0 Å². The van der Waals surface area contributed by atoms with Gasteiger partial charge in [0.25, 0.3) is 0 Å².